The summed E-state index contributed by atoms with van der Waals surface area (Å²) in [5.41, 5.74) is 0. The predicted molar refractivity (Wildman–Crippen MR) is 63.4 cm³/mol. The largest absolute Gasteiger partial charge is 0.480 e. The van der Waals surface area contributed by atoms with Crippen molar-refractivity contribution >= 4 is 29.7 Å². The smallest absolute Gasteiger partial charge is 0.322 e. The van der Waals surface area contributed by atoms with Crippen LogP contribution in [0.3, 0.4) is 0 Å². The molecule has 10 nitrogen and oxygen atoms in total. The number of piperazine rings is 1. The molecule has 20 heavy (non-hydrogen) atoms. The number of hydrogen-bond donors (Lipinski definition) is 4. The number of amides is 5. The molecule has 0 saturated carbocycles. The molecular weight excluding hydrogens is 272 g/mol. The van der Waals surface area contributed by atoms with Crippen LogP contribution in [-0.2, 0) is 19.2 Å². The Morgan fingerprint density at radius 3 is 2.55 bits per heavy atom. The number of rotatable bonds is 4. The molecule has 1 fully saturated rings. The van der Waals surface area contributed by atoms with Crippen LogP contribution in [0, 0.1) is 0 Å². The first-order valence-electron chi connectivity index (χ1n) is 5.68. The Labute approximate surface area is 113 Å². The summed E-state index contributed by atoms with van der Waals surface area (Å²) in [6.07, 6.45) is 0. The van der Waals surface area contributed by atoms with Gasteiger partial charge in [-0.25, -0.2) is 4.79 Å². The highest BCUT2D eigenvalue weighted by Crippen LogP contribution is 2.04. The Bertz CT molecular complexity index is 463. The molecule has 1 unspecified atom stereocenters. The Morgan fingerprint density at radius 2 is 1.95 bits per heavy atom. The van der Waals surface area contributed by atoms with Crippen molar-refractivity contribution in [1.82, 2.24) is 20.9 Å². The number of imide groups is 1. The van der Waals surface area contributed by atoms with Crippen molar-refractivity contribution in [3.63, 3.8) is 0 Å². The minimum atomic E-state index is -1.21. The second kappa shape index (κ2) is 6.50. The van der Waals surface area contributed by atoms with Crippen LogP contribution in [-0.4, -0.2) is 65.4 Å². The molecule has 1 rings (SSSR count). The number of carboxylic acid groups (broad SMARTS) is 1. The molecule has 4 N–H and O–H groups in total. The van der Waals surface area contributed by atoms with Crippen molar-refractivity contribution in [3.05, 3.63) is 0 Å². The molecule has 0 radical (unpaired) electrons. The van der Waals surface area contributed by atoms with Crippen molar-refractivity contribution in [2.75, 3.05) is 19.6 Å². The lowest BCUT2D eigenvalue weighted by molar-refractivity contribution is -0.138. The summed E-state index contributed by atoms with van der Waals surface area (Å²) in [6.45, 7) is 0.127. The van der Waals surface area contributed by atoms with E-state index in [0.717, 1.165) is 4.90 Å². The first-order chi connectivity index (χ1) is 9.31. The molecule has 1 atom stereocenters. The summed E-state index contributed by atoms with van der Waals surface area (Å²) in [7, 11) is 0. The summed E-state index contributed by atoms with van der Waals surface area (Å²) in [4.78, 5) is 56.6. The van der Waals surface area contributed by atoms with Crippen molar-refractivity contribution in [3.8, 4) is 0 Å². The van der Waals surface area contributed by atoms with Gasteiger partial charge in [-0.05, 0) is 6.92 Å². The van der Waals surface area contributed by atoms with Gasteiger partial charge >= 0.3 is 12.0 Å². The normalized spacial score (nSPS) is 18.2. The molecule has 0 aromatic rings. The van der Waals surface area contributed by atoms with Gasteiger partial charge in [0.25, 0.3) is 0 Å². The molecule has 0 aromatic heterocycles. The molecule has 1 aliphatic rings. The molecule has 1 heterocycles. The molecule has 0 bridgehead atoms. The van der Waals surface area contributed by atoms with E-state index < -0.39 is 48.9 Å². The number of carboxylic acids is 1. The van der Waals surface area contributed by atoms with Crippen LogP contribution in [0.4, 0.5) is 4.79 Å². The van der Waals surface area contributed by atoms with Gasteiger partial charge in [-0.3, -0.25) is 24.5 Å². The van der Waals surface area contributed by atoms with E-state index in [9.17, 15) is 24.0 Å². The number of nitrogens with one attached hydrogen (secondary N) is 3. The van der Waals surface area contributed by atoms with Gasteiger partial charge in [0.05, 0.1) is 6.54 Å². The molecule has 0 aromatic carbocycles. The minimum absolute atomic E-state index is 0.296. The van der Waals surface area contributed by atoms with Gasteiger partial charge in [-0.2, -0.15) is 0 Å². The van der Waals surface area contributed by atoms with Crippen LogP contribution in [0.5, 0.6) is 0 Å². The summed E-state index contributed by atoms with van der Waals surface area (Å²) in [5.74, 6) is -3.12. The van der Waals surface area contributed by atoms with Gasteiger partial charge < -0.3 is 20.6 Å². The van der Waals surface area contributed by atoms with E-state index in [2.05, 4.69) is 16.0 Å². The lowest BCUT2D eigenvalue weighted by Gasteiger charge is -2.31. The third-order valence-corrected chi connectivity index (χ3v) is 2.52. The minimum Gasteiger partial charge on any atom is -0.480 e. The standard InChI is InChI=1S/C10H14N4O6/c1-5-9(19)13-7(16)4-14(5)10(20)12-2-6(15)11-3-8(17)18/h5H,2-4H2,1H3,(H,11,15)(H,12,20)(H,17,18)(H,13,16,19). The Morgan fingerprint density at radius 1 is 1.30 bits per heavy atom. The summed E-state index contributed by atoms with van der Waals surface area (Å²) in [6, 6.07) is -1.60. The van der Waals surface area contributed by atoms with E-state index in [0.29, 0.717) is 0 Å². The maximum Gasteiger partial charge on any atom is 0.322 e. The maximum absolute atomic E-state index is 11.7. The molecule has 10 heteroatoms. The number of aliphatic carboxylic acids is 1. The highest BCUT2D eigenvalue weighted by molar-refractivity contribution is 6.04. The van der Waals surface area contributed by atoms with Crippen LogP contribution < -0.4 is 16.0 Å². The van der Waals surface area contributed by atoms with E-state index in [1.807, 2.05) is 0 Å². The van der Waals surface area contributed by atoms with E-state index in [4.69, 9.17) is 5.11 Å². The number of urea groups is 1. The maximum atomic E-state index is 11.7. The first-order valence-corrected chi connectivity index (χ1v) is 5.68. The van der Waals surface area contributed by atoms with Crippen LogP contribution in [0.15, 0.2) is 0 Å². The second-order valence-electron chi connectivity index (χ2n) is 4.05. The fraction of sp³-hybridized carbons (Fsp3) is 0.500. The third-order valence-electron chi connectivity index (χ3n) is 2.52. The number of carbonyl (C=O) groups excluding carboxylic acids is 4. The van der Waals surface area contributed by atoms with Gasteiger partial charge in [-0.1, -0.05) is 0 Å². The summed E-state index contributed by atoms with van der Waals surface area (Å²) < 4.78 is 0. The van der Waals surface area contributed by atoms with Gasteiger partial charge in [0, 0.05) is 0 Å². The zero-order valence-corrected chi connectivity index (χ0v) is 10.6. The second-order valence-corrected chi connectivity index (χ2v) is 4.05. The zero-order valence-electron chi connectivity index (χ0n) is 10.6. The SMILES string of the molecule is CC1C(=O)NC(=O)CN1C(=O)NCC(=O)NCC(=O)O. The molecule has 0 aliphatic carbocycles. The topological polar surface area (TPSA) is 145 Å². The predicted octanol–water partition coefficient (Wildman–Crippen LogP) is -2.76. The van der Waals surface area contributed by atoms with Gasteiger partial charge in [-0.15, -0.1) is 0 Å². The number of carbonyl (C=O) groups is 5. The van der Waals surface area contributed by atoms with Crippen LogP contribution in [0.25, 0.3) is 0 Å². The van der Waals surface area contributed by atoms with Crippen LogP contribution in [0.2, 0.25) is 0 Å². The van der Waals surface area contributed by atoms with E-state index in [1.165, 1.54) is 6.92 Å². The monoisotopic (exact) mass is 286 g/mol. The number of hydrogen-bond acceptors (Lipinski definition) is 5. The van der Waals surface area contributed by atoms with Gasteiger partial charge in [0.15, 0.2) is 0 Å². The Hall–Kier alpha value is -2.65. The summed E-state index contributed by atoms with van der Waals surface area (Å²) in [5, 5.41) is 14.7. The molecule has 5 amide bonds. The molecule has 110 valence electrons. The van der Waals surface area contributed by atoms with Crippen molar-refractivity contribution in [2.45, 2.75) is 13.0 Å². The molecule has 0 spiro atoms. The molecule has 1 aliphatic heterocycles. The first kappa shape index (κ1) is 15.4. The van der Waals surface area contributed by atoms with Crippen LogP contribution in [0.1, 0.15) is 6.92 Å². The van der Waals surface area contributed by atoms with Gasteiger partial charge in [0.1, 0.15) is 19.1 Å². The van der Waals surface area contributed by atoms with Crippen molar-refractivity contribution < 1.29 is 29.1 Å². The third kappa shape index (κ3) is 4.23. The fourth-order valence-electron chi connectivity index (χ4n) is 1.46. The number of nitrogens with zero attached hydrogens (tertiary/aromatic N) is 1. The van der Waals surface area contributed by atoms with Crippen molar-refractivity contribution in [1.29, 1.82) is 0 Å². The van der Waals surface area contributed by atoms with Gasteiger partial charge in [0.2, 0.25) is 17.7 Å². The van der Waals surface area contributed by atoms with E-state index in [1.54, 1.807) is 0 Å². The summed E-state index contributed by atoms with van der Waals surface area (Å²) >= 11 is 0. The highest BCUT2D eigenvalue weighted by Gasteiger charge is 2.33. The lowest BCUT2D eigenvalue weighted by atomic mass is 10.2. The van der Waals surface area contributed by atoms with E-state index >= 15 is 0 Å². The van der Waals surface area contributed by atoms with E-state index in [-0.39, 0.29) is 6.54 Å². The average Bonchev–Trinajstić information content (AvgIpc) is 2.37. The zero-order chi connectivity index (χ0) is 15.3. The van der Waals surface area contributed by atoms with Crippen LogP contribution >= 0.6 is 0 Å². The molecule has 1 saturated heterocycles. The molecular formula is C10H14N4O6. The average molecular weight is 286 g/mol. The van der Waals surface area contributed by atoms with Crippen molar-refractivity contribution in [2.24, 2.45) is 0 Å². The Balaban J connectivity index is 2.45. The highest BCUT2D eigenvalue weighted by atomic mass is 16.4. The lowest BCUT2D eigenvalue weighted by Crippen LogP contribution is -2.61. The Kier molecular flexibility index (Phi) is 5.01. The fourth-order valence-corrected chi connectivity index (χ4v) is 1.46. The quantitative estimate of drug-likeness (QED) is 0.412.